The maximum atomic E-state index is 12.5. The molecule has 0 fully saturated rings. The summed E-state index contributed by atoms with van der Waals surface area (Å²) in [5, 5.41) is 10.7. The van der Waals surface area contributed by atoms with Gasteiger partial charge in [0, 0.05) is 11.8 Å². The van der Waals surface area contributed by atoms with Gasteiger partial charge in [-0.3, -0.25) is 4.79 Å². The fourth-order valence-electron chi connectivity index (χ4n) is 2.54. The normalized spacial score (nSPS) is 24.8. The van der Waals surface area contributed by atoms with Crippen LogP contribution in [0.15, 0.2) is 42.0 Å². The van der Waals surface area contributed by atoms with Crippen molar-refractivity contribution in [3.63, 3.8) is 0 Å². The van der Waals surface area contributed by atoms with Gasteiger partial charge < -0.3 is 5.11 Å². The highest BCUT2D eigenvalue weighted by atomic mass is 19.4. The van der Waals surface area contributed by atoms with Crippen LogP contribution >= 0.6 is 0 Å². The zero-order valence-corrected chi connectivity index (χ0v) is 13.2. The van der Waals surface area contributed by atoms with E-state index in [4.69, 9.17) is 0 Å². The first kappa shape index (κ1) is 17.5. The van der Waals surface area contributed by atoms with Gasteiger partial charge in [-0.1, -0.05) is 38.1 Å². The van der Waals surface area contributed by atoms with Crippen LogP contribution in [-0.2, 0) is 11.0 Å². The maximum absolute atomic E-state index is 12.5. The minimum atomic E-state index is -4.37. The van der Waals surface area contributed by atoms with Crippen LogP contribution in [0, 0.1) is 5.41 Å². The quantitative estimate of drug-likeness (QED) is 0.876. The van der Waals surface area contributed by atoms with Crippen molar-refractivity contribution in [1.29, 1.82) is 0 Å². The predicted octanol–water partition coefficient (Wildman–Crippen LogP) is 4.40. The van der Waals surface area contributed by atoms with Crippen LogP contribution in [0.3, 0.4) is 0 Å². The van der Waals surface area contributed by atoms with Crippen molar-refractivity contribution < 1.29 is 23.1 Å². The Balaban J connectivity index is 2.27. The van der Waals surface area contributed by atoms with E-state index in [0.29, 0.717) is 11.1 Å². The summed E-state index contributed by atoms with van der Waals surface area (Å²) in [7, 11) is 0. The number of allylic oxidation sites excluding steroid dienone is 1. The molecule has 2 rings (SSSR count). The molecule has 0 saturated carbocycles. The predicted molar refractivity (Wildman–Crippen MR) is 82.6 cm³/mol. The highest BCUT2D eigenvalue weighted by Gasteiger charge is 2.45. The molecule has 1 aliphatic carbocycles. The second-order valence-corrected chi connectivity index (χ2v) is 6.65. The molecular weight excluding hydrogens is 305 g/mol. The van der Waals surface area contributed by atoms with E-state index in [1.54, 1.807) is 19.1 Å². The lowest BCUT2D eigenvalue weighted by Crippen LogP contribution is -2.47. The summed E-state index contributed by atoms with van der Waals surface area (Å²) in [6.45, 7) is 5.26. The molecule has 23 heavy (non-hydrogen) atoms. The van der Waals surface area contributed by atoms with E-state index in [0.717, 1.165) is 12.1 Å². The zero-order valence-electron chi connectivity index (χ0n) is 13.2. The Morgan fingerprint density at radius 3 is 2.17 bits per heavy atom. The Labute approximate surface area is 133 Å². The number of ketones is 1. The van der Waals surface area contributed by atoms with E-state index in [9.17, 15) is 23.1 Å². The SMILES string of the molecule is CC1(C)CC(=O)C=C(/C=C/c2ccc(C(F)(F)F)cc2)[C@@]1(C)O. The molecule has 1 aromatic carbocycles. The third-order valence-electron chi connectivity index (χ3n) is 4.51. The summed E-state index contributed by atoms with van der Waals surface area (Å²) in [5.74, 6) is -0.0754. The lowest BCUT2D eigenvalue weighted by atomic mass is 9.65. The van der Waals surface area contributed by atoms with Gasteiger partial charge in [-0.2, -0.15) is 13.2 Å². The summed E-state index contributed by atoms with van der Waals surface area (Å²) in [6, 6.07) is 4.71. The van der Waals surface area contributed by atoms with Crippen LogP contribution in [0.4, 0.5) is 13.2 Å². The first-order valence-electron chi connectivity index (χ1n) is 7.26. The van der Waals surface area contributed by atoms with Crippen LogP contribution < -0.4 is 0 Å². The number of hydrogen-bond donors (Lipinski definition) is 1. The maximum Gasteiger partial charge on any atom is 0.416 e. The lowest BCUT2D eigenvalue weighted by Gasteiger charge is -2.43. The number of aliphatic hydroxyl groups is 1. The summed E-state index contributed by atoms with van der Waals surface area (Å²) in [5.41, 5.74) is -1.50. The number of alkyl halides is 3. The largest absolute Gasteiger partial charge is 0.416 e. The van der Waals surface area contributed by atoms with Crippen LogP contribution in [0.1, 0.15) is 38.3 Å². The molecule has 1 N–H and O–H groups in total. The average molecular weight is 324 g/mol. The summed E-state index contributed by atoms with van der Waals surface area (Å²) >= 11 is 0. The van der Waals surface area contributed by atoms with Crippen molar-refractivity contribution in [3.05, 3.63) is 53.1 Å². The Morgan fingerprint density at radius 1 is 1.09 bits per heavy atom. The molecule has 2 nitrogen and oxygen atoms in total. The van der Waals surface area contributed by atoms with Crippen LogP contribution in [0.25, 0.3) is 6.08 Å². The molecule has 0 aliphatic heterocycles. The molecule has 1 aromatic rings. The van der Waals surface area contributed by atoms with E-state index in [1.807, 2.05) is 13.8 Å². The van der Waals surface area contributed by atoms with E-state index in [1.165, 1.54) is 18.2 Å². The molecule has 0 saturated heterocycles. The van der Waals surface area contributed by atoms with Crippen molar-refractivity contribution in [3.8, 4) is 0 Å². The third-order valence-corrected chi connectivity index (χ3v) is 4.51. The van der Waals surface area contributed by atoms with Gasteiger partial charge in [-0.15, -0.1) is 0 Å². The number of carbonyl (C=O) groups is 1. The van der Waals surface area contributed by atoms with Gasteiger partial charge in [-0.25, -0.2) is 0 Å². The van der Waals surface area contributed by atoms with Gasteiger partial charge in [0.2, 0.25) is 0 Å². The number of carbonyl (C=O) groups excluding carboxylic acids is 1. The molecule has 0 heterocycles. The summed E-state index contributed by atoms with van der Waals surface area (Å²) in [6.07, 6.45) is 0.453. The van der Waals surface area contributed by atoms with Crippen molar-refractivity contribution in [2.24, 2.45) is 5.41 Å². The Hall–Kier alpha value is -1.88. The first-order valence-corrected chi connectivity index (χ1v) is 7.26. The molecule has 0 amide bonds. The van der Waals surface area contributed by atoms with Gasteiger partial charge >= 0.3 is 6.18 Å². The fraction of sp³-hybridized carbons (Fsp3) is 0.389. The third kappa shape index (κ3) is 3.55. The fourth-order valence-corrected chi connectivity index (χ4v) is 2.54. The van der Waals surface area contributed by atoms with E-state index in [-0.39, 0.29) is 12.2 Å². The van der Waals surface area contributed by atoms with Gasteiger partial charge in [0.25, 0.3) is 0 Å². The van der Waals surface area contributed by atoms with Crippen molar-refractivity contribution in [1.82, 2.24) is 0 Å². The van der Waals surface area contributed by atoms with Crippen LogP contribution in [0.5, 0.6) is 0 Å². The Bertz CT molecular complexity index is 663. The highest BCUT2D eigenvalue weighted by Crippen LogP contribution is 2.43. The minimum absolute atomic E-state index is 0.0754. The van der Waals surface area contributed by atoms with E-state index < -0.39 is 22.8 Å². The number of hydrogen-bond acceptors (Lipinski definition) is 2. The Morgan fingerprint density at radius 2 is 1.65 bits per heavy atom. The summed E-state index contributed by atoms with van der Waals surface area (Å²) in [4.78, 5) is 11.8. The van der Waals surface area contributed by atoms with Crippen molar-refractivity contribution >= 4 is 11.9 Å². The zero-order chi connectivity index (χ0) is 17.5. The second-order valence-electron chi connectivity index (χ2n) is 6.65. The molecule has 124 valence electrons. The standard InChI is InChI=1S/C18H19F3O2/c1-16(2)11-15(22)10-14(17(16,3)23)9-6-12-4-7-13(8-5-12)18(19,20)21/h4-10,23H,11H2,1-3H3/b9-6+/t17-/m1/s1. The minimum Gasteiger partial charge on any atom is -0.385 e. The highest BCUT2D eigenvalue weighted by molar-refractivity contribution is 5.93. The topological polar surface area (TPSA) is 37.3 Å². The molecule has 5 heteroatoms. The van der Waals surface area contributed by atoms with Gasteiger partial charge in [-0.05, 0) is 36.3 Å². The molecule has 0 unspecified atom stereocenters. The number of rotatable bonds is 2. The van der Waals surface area contributed by atoms with Crippen LogP contribution in [-0.4, -0.2) is 16.5 Å². The van der Waals surface area contributed by atoms with E-state index >= 15 is 0 Å². The molecule has 0 radical (unpaired) electrons. The molecule has 1 aliphatic rings. The number of halogens is 3. The lowest BCUT2D eigenvalue weighted by molar-refractivity contribution is -0.137. The van der Waals surface area contributed by atoms with E-state index in [2.05, 4.69) is 0 Å². The molecular formula is C18H19F3O2. The van der Waals surface area contributed by atoms with Gasteiger partial charge in [0.05, 0.1) is 11.2 Å². The number of benzene rings is 1. The second kappa shape index (κ2) is 5.64. The average Bonchev–Trinajstić information content (AvgIpc) is 2.40. The van der Waals surface area contributed by atoms with Crippen LogP contribution in [0.2, 0.25) is 0 Å². The van der Waals surface area contributed by atoms with Gasteiger partial charge in [0.1, 0.15) is 0 Å². The molecule has 0 aromatic heterocycles. The Kier molecular flexibility index (Phi) is 4.28. The molecule has 0 bridgehead atoms. The molecule has 1 atom stereocenters. The van der Waals surface area contributed by atoms with Crippen molar-refractivity contribution in [2.45, 2.75) is 39.0 Å². The first-order chi connectivity index (χ1) is 10.4. The van der Waals surface area contributed by atoms with Crippen molar-refractivity contribution in [2.75, 3.05) is 0 Å². The molecule has 0 spiro atoms. The smallest absolute Gasteiger partial charge is 0.385 e. The summed E-state index contributed by atoms with van der Waals surface area (Å²) < 4.78 is 37.6. The monoisotopic (exact) mass is 324 g/mol. The van der Waals surface area contributed by atoms with Gasteiger partial charge in [0.15, 0.2) is 5.78 Å².